The van der Waals surface area contributed by atoms with E-state index >= 15 is 0 Å². The van der Waals surface area contributed by atoms with E-state index in [2.05, 4.69) is 18.7 Å². The van der Waals surface area contributed by atoms with E-state index in [1.165, 1.54) is 14.0 Å². The molecule has 0 radical (unpaired) electrons. The molecule has 0 aromatic heterocycles. The van der Waals surface area contributed by atoms with Crippen LogP contribution in [0.5, 0.6) is 0 Å². The van der Waals surface area contributed by atoms with E-state index in [9.17, 15) is 25.2 Å². The molecule has 54 heavy (non-hydrogen) atoms. The Labute approximate surface area is 324 Å². The molecule has 0 amide bonds. The highest BCUT2D eigenvalue weighted by Gasteiger charge is 2.59. The highest BCUT2D eigenvalue weighted by atomic mass is 16.7. The summed E-state index contributed by atoms with van der Waals surface area (Å²) < 4.78 is 45.5. The zero-order valence-electron chi connectivity index (χ0n) is 35.4. The van der Waals surface area contributed by atoms with Crippen LogP contribution >= 0.6 is 0 Å². The van der Waals surface area contributed by atoms with Gasteiger partial charge in [0.15, 0.2) is 12.6 Å². The fraction of sp³-hybridized carbons (Fsp3) is 0.976. The molecule has 0 aromatic carbocycles. The topological polar surface area (TPSA) is 166 Å². The van der Waals surface area contributed by atoms with Gasteiger partial charge in [-0.1, -0.05) is 47.5 Å². The molecule has 13 nitrogen and oxygen atoms in total. The quantitative estimate of drug-likeness (QED) is 0.156. The van der Waals surface area contributed by atoms with Crippen LogP contribution in [-0.4, -0.2) is 142 Å². The molecule has 19 atom stereocenters. The molecule has 4 saturated heterocycles. The normalized spacial score (nSPS) is 46.8. The Morgan fingerprint density at radius 1 is 1.00 bits per heavy atom. The lowest BCUT2D eigenvalue weighted by atomic mass is 9.76. The fourth-order valence-corrected chi connectivity index (χ4v) is 9.90. The van der Waals surface area contributed by atoms with E-state index in [1.807, 2.05) is 34.7 Å². The minimum atomic E-state index is -1.79. The van der Waals surface area contributed by atoms with Crippen LogP contribution < -0.4 is 0 Å². The van der Waals surface area contributed by atoms with Crippen LogP contribution in [0.4, 0.5) is 0 Å². The van der Waals surface area contributed by atoms with Crippen molar-refractivity contribution in [1.82, 2.24) is 4.90 Å². The molecule has 4 rings (SSSR count). The van der Waals surface area contributed by atoms with Crippen LogP contribution in [0.2, 0.25) is 0 Å². The molecule has 316 valence electrons. The second-order valence-corrected chi connectivity index (χ2v) is 18.0. The van der Waals surface area contributed by atoms with Gasteiger partial charge in [-0.3, -0.25) is 4.79 Å². The maximum Gasteiger partial charge on any atom is 0.311 e. The number of cyclic esters (lactones) is 1. The molecule has 0 aromatic rings. The number of carbonyl (C=O) groups is 1. The van der Waals surface area contributed by atoms with Crippen molar-refractivity contribution in [1.29, 1.82) is 0 Å². The van der Waals surface area contributed by atoms with Crippen LogP contribution in [0.15, 0.2) is 0 Å². The van der Waals surface area contributed by atoms with Gasteiger partial charge in [-0.15, -0.1) is 0 Å². The molecule has 4 heterocycles. The van der Waals surface area contributed by atoms with E-state index in [-0.39, 0.29) is 30.9 Å². The van der Waals surface area contributed by atoms with Gasteiger partial charge in [0.2, 0.25) is 0 Å². The van der Waals surface area contributed by atoms with Gasteiger partial charge in [-0.25, -0.2) is 0 Å². The lowest BCUT2D eigenvalue weighted by molar-refractivity contribution is -0.318. The first kappa shape index (κ1) is 45.7. The number of esters is 1. The van der Waals surface area contributed by atoms with Crippen molar-refractivity contribution in [3.05, 3.63) is 0 Å². The van der Waals surface area contributed by atoms with Crippen molar-refractivity contribution in [3.8, 4) is 0 Å². The molecular formula is C41H75NO12. The van der Waals surface area contributed by atoms with Gasteiger partial charge in [0, 0.05) is 31.4 Å². The maximum atomic E-state index is 14.4. The van der Waals surface area contributed by atoms with Crippen LogP contribution in [0.25, 0.3) is 0 Å². The van der Waals surface area contributed by atoms with Gasteiger partial charge in [-0.2, -0.15) is 0 Å². The van der Waals surface area contributed by atoms with Crippen LogP contribution in [0, 0.1) is 23.7 Å². The van der Waals surface area contributed by atoms with E-state index in [0.717, 1.165) is 25.8 Å². The Morgan fingerprint density at radius 3 is 2.28 bits per heavy atom. The molecule has 0 spiro atoms. The molecule has 13 heteroatoms. The number of carbonyl (C=O) groups excluding carboxylic acids is 1. The van der Waals surface area contributed by atoms with E-state index in [4.69, 9.17) is 33.2 Å². The lowest BCUT2D eigenvalue weighted by Gasteiger charge is -2.48. The summed E-state index contributed by atoms with van der Waals surface area (Å²) in [6.45, 7) is 21.5. The van der Waals surface area contributed by atoms with Gasteiger partial charge in [0.05, 0.1) is 53.7 Å². The number of fused-ring (bicyclic) bond motifs is 2. The zero-order chi connectivity index (χ0) is 40.5. The summed E-state index contributed by atoms with van der Waals surface area (Å²) in [5, 5.41) is 45.8. The Bertz CT molecular complexity index is 1210. The minimum Gasteiger partial charge on any atom is -0.459 e. The van der Waals surface area contributed by atoms with Crippen molar-refractivity contribution in [3.63, 3.8) is 0 Å². The number of ether oxygens (including phenoxy) is 7. The molecule has 4 N–H and O–H groups in total. The zero-order valence-corrected chi connectivity index (χ0v) is 35.4. The smallest absolute Gasteiger partial charge is 0.311 e. The molecule has 4 fully saturated rings. The number of aliphatic hydroxyl groups is 4. The van der Waals surface area contributed by atoms with Gasteiger partial charge < -0.3 is 58.5 Å². The van der Waals surface area contributed by atoms with E-state index < -0.39 is 102 Å². The Morgan fingerprint density at radius 2 is 1.67 bits per heavy atom. The molecule has 2 bridgehead atoms. The number of hydrogen-bond donors (Lipinski definition) is 4. The van der Waals surface area contributed by atoms with Crippen molar-refractivity contribution >= 4 is 5.97 Å². The largest absolute Gasteiger partial charge is 0.459 e. The average Bonchev–Trinajstić information content (AvgIpc) is 3.43. The summed E-state index contributed by atoms with van der Waals surface area (Å²) in [4.78, 5) is 16.6. The molecular weight excluding hydrogens is 698 g/mol. The number of rotatable bonds is 13. The summed E-state index contributed by atoms with van der Waals surface area (Å²) >= 11 is 0. The van der Waals surface area contributed by atoms with Gasteiger partial charge in [-0.05, 0) is 86.7 Å². The number of nitrogens with zero attached hydrogens (tertiary/aromatic N) is 1. The van der Waals surface area contributed by atoms with Crippen LogP contribution in [0.3, 0.4) is 0 Å². The standard InChI is InChI=1S/C41H75NO12/c1-14-16-17-18-42(12)28-19-23(4)49-38(31(28)44)53-35-25(6)33(51-30-21-39(9,48-13)34(45)27(8)50-30)26(7)37(46)52-36(41(11,47)29(43)15-2)24(5)32-22(3)20-40(35,10)54-32/h22-36,38,43-45,47H,14-21H2,1-13H3/t22?,23?,24-,25-,26+,27?,28?,29+,30-,31?,32?,33-,34-,35+,36+,38-,39?,40-,41+/m0/s1. The monoisotopic (exact) mass is 774 g/mol. The molecule has 0 saturated carbocycles. The third-order valence-corrected chi connectivity index (χ3v) is 13.4. The number of likely N-dealkylation sites (N-methyl/N-ethyl adjacent to an activating group) is 1. The Balaban J connectivity index is 1.80. The predicted octanol–water partition coefficient (Wildman–Crippen LogP) is 4.18. The Kier molecular flexibility index (Phi) is 15.5. The van der Waals surface area contributed by atoms with Crippen molar-refractivity contribution in [2.45, 2.75) is 211 Å². The average molecular weight is 774 g/mol. The molecule has 7 unspecified atom stereocenters. The molecule has 4 aliphatic heterocycles. The minimum absolute atomic E-state index is 0.0599. The van der Waals surface area contributed by atoms with Gasteiger partial charge in [0.1, 0.15) is 23.9 Å². The van der Waals surface area contributed by atoms with Crippen molar-refractivity contribution in [2.24, 2.45) is 23.7 Å². The van der Waals surface area contributed by atoms with Crippen LogP contribution in [-0.2, 0) is 38.0 Å². The second kappa shape index (κ2) is 18.3. The van der Waals surface area contributed by atoms with Crippen molar-refractivity contribution in [2.75, 3.05) is 20.7 Å². The SMILES string of the molecule is CCCCCN(C)C1CC(C)O[C@@H](O[C@@H]2[C@@H](C)[C@H](O[C@H]3CC(C)(OC)[C@@H](O)C(C)O3)[C@@H](C)C(=O)O[C@@H]([C@](C)(O)[C@H](O)CC)[C@@H](C)C3O[C@@]2(C)CC3C)C1O. The number of aliphatic hydroxyl groups excluding tert-OH is 3. The highest BCUT2D eigenvalue weighted by Crippen LogP contribution is 2.48. The summed E-state index contributed by atoms with van der Waals surface area (Å²) in [6.07, 6.45) is -4.11. The summed E-state index contributed by atoms with van der Waals surface area (Å²) in [7, 11) is 3.58. The fourth-order valence-electron chi connectivity index (χ4n) is 9.90. The Hall–Kier alpha value is -0.970. The number of hydrogen-bond acceptors (Lipinski definition) is 13. The number of methoxy groups -OCH3 is 1. The number of unbranched alkanes of at least 4 members (excludes halogenated alkanes) is 2. The first-order valence-corrected chi connectivity index (χ1v) is 20.7. The first-order chi connectivity index (χ1) is 25.1. The summed E-state index contributed by atoms with van der Waals surface area (Å²) in [5.74, 6) is -2.68. The van der Waals surface area contributed by atoms with Crippen LogP contribution in [0.1, 0.15) is 121 Å². The highest BCUT2D eigenvalue weighted by molar-refractivity contribution is 5.73. The summed E-state index contributed by atoms with van der Waals surface area (Å²) in [5.41, 5.74) is -3.73. The third kappa shape index (κ3) is 9.49. The predicted molar refractivity (Wildman–Crippen MR) is 202 cm³/mol. The molecule has 4 aliphatic rings. The van der Waals surface area contributed by atoms with E-state index in [0.29, 0.717) is 12.8 Å². The maximum absolute atomic E-state index is 14.4. The first-order valence-electron chi connectivity index (χ1n) is 20.7. The summed E-state index contributed by atoms with van der Waals surface area (Å²) in [6, 6.07) is -0.193. The van der Waals surface area contributed by atoms with Gasteiger partial charge >= 0.3 is 5.97 Å². The van der Waals surface area contributed by atoms with Gasteiger partial charge in [0.25, 0.3) is 0 Å². The second-order valence-electron chi connectivity index (χ2n) is 18.0. The molecule has 0 aliphatic carbocycles. The third-order valence-electron chi connectivity index (χ3n) is 13.4. The lowest BCUT2D eigenvalue weighted by Crippen LogP contribution is -2.60. The van der Waals surface area contributed by atoms with E-state index in [1.54, 1.807) is 27.7 Å². The van der Waals surface area contributed by atoms with Crippen molar-refractivity contribution < 1.29 is 58.4 Å².